The van der Waals surface area contributed by atoms with Crippen LogP contribution in [-0.4, -0.2) is 6.36 Å². The van der Waals surface area contributed by atoms with E-state index in [0.717, 1.165) is 37.0 Å². The molecule has 0 bridgehead atoms. The van der Waals surface area contributed by atoms with Crippen LogP contribution in [0, 0.1) is 11.6 Å². The fourth-order valence-corrected chi connectivity index (χ4v) is 3.66. The summed E-state index contributed by atoms with van der Waals surface area (Å²) in [5.41, 5.74) is 2.76. The third kappa shape index (κ3) is 4.79. The predicted molar refractivity (Wildman–Crippen MR) is 92.9 cm³/mol. The molecule has 2 aromatic rings. The number of hydrogen-bond acceptors (Lipinski definition) is 1. The highest BCUT2D eigenvalue weighted by Gasteiger charge is 2.33. The van der Waals surface area contributed by atoms with Crippen LogP contribution in [-0.2, 0) is 19.3 Å². The van der Waals surface area contributed by atoms with Crippen LogP contribution in [0.15, 0.2) is 30.3 Å². The number of benzene rings is 2. The molecule has 0 amide bonds. The van der Waals surface area contributed by atoms with E-state index in [9.17, 15) is 22.0 Å². The molecule has 6 heteroatoms. The van der Waals surface area contributed by atoms with E-state index < -0.39 is 17.9 Å². The number of halogens is 5. The second-order valence-electron chi connectivity index (χ2n) is 7.00. The van der Waals surface area contributed by atoms with Gasteiger partial charge >= 0.3 is 6.36 Å². The van der Waals surface area contributed by atoms with E-state index in [0.29, 0.717) is 36.0 Å². The Morgan fingerprint density at radius 2 is 1.81 bits per heavy atom. The number of unbranched alkanes of at least 4 members (excludes halogenated alkanes) is 1. The average Bonchev–Trinajstić information content (AvgIpc) is 2.59. The molecule has 3 rings (SSSR count). The van der Waals surface area contributed by atoms with Gasteiger partial charge in [-0.05, 0) is 78.5 Å². The normalized spacial score (nSPS) is 16.9. The molecule has 1 aliphatic carbocycles. The quantitative estimate of drug-likeness (QED) is 0.536. The van der Waals surface area contributed by atoms with Crippen molar-refractivity contribution in [2.75, 3.05) is 0 Å². The molecule has 0 spiro atoms. The Bertz CT molecular complexity index is 813. The maximum atomic E-state index is 14.5. The molecule has 1 atom stereocenters. The van der Waals surface area contributed by atoms with Crippen LogP contribution in [0.5, 0.6) is 5.75 Å². The molecule has 0 saturated heterocycles. The molecule has 0 heterocycles. The van der Waals surface area contributed by atoms with Gasteiger partial charge in [0.05, 0.1) is 0 Å². The van der Waals surface area contributed by atoms with Crippen molar-refractivity contribution in [2.45, 2.75) is 57.7 Å². The van der Waals surface area contributed by atoms with Crippen LogP contribution in [0.2, 0.25) is 0 Å². The lowest BCUT2D eigenvalue weighted by Crippen LogP contribution is -2.19. The van der Waals surface area contributed by atoms with Gasteiger partial charge in [0.15, 0.2) is 11.6 Å². The molecule has 0 radical (unpaired) electrons. The summed E-state index contributed by atoms with van der Waals surface area (Å²) in [6.07, 6.45) is -0.639. The minimum absolute atomic E-state index is 0.119. The van der Waals surface area contributed by atoms with Crippen molar-refractivity contribution in [1.82, 2.24) is 0 Å². The molecule has 0 saturated carbocycles. The molecule has 0 fully saturated rings. The van der Waals surface area contributed by atoms with Crippen LogP contribution >= 0.6 is 0 Å². The van der Waals surface area contributed by atoms with Gasteiger partial charge in [0, 0.05) is 0 Å². The van der Waals surface area contributed by atoms with E-state index in [2.05, 4.69) is 11.7 Å². The third-order valence-electron chi connectivity index (χ3n) is 5.03. The van der Waals surface area contributed by atoms with Crippen LogP contribution in [0.25, 0.3) is 0 Å². The van der Waals surface area contributed by atoms with E-state index in [1.165, 1.54) is 0 Å². The SMILES string of the molecule is CCCCc1ccc(C2CCc3cc(OC(F)(F)F)c(F)cc3C2)c(F)c1. The standard InChI is InChI=1S/C21H21F5O/c1-2-3-4-13-5-8-17(18(22)9-13)15-7-6-14-12-20(27-21(24,25)26)19(23)11-16(14)10-15/h5,8-9,11-12,15H,2-4,6-7,10H2,1H3. The number of hydrogen-bond donors (Lipinski definition) is 0. The Balaban J connectivity index is 1.79. The number of rotatable bonds is 5. The lowest BCUT2D eigenvalue weighted by Gasteiger charge is -2.26. The summed E-state index contributed by atoms with van der Waals surface area (Å²) in [4.78, 5) is 0. The zero-order valence-corrected chi connectivity index (χ0v) is 15.0. The van der Waals surface area contributed by atoms with Gasteiger partial charge in [-0.3, -0.25) is 0 Å². The van der Waals surface area contributed by atoms with Gasteiger partial charge < -0.3 is 4.74 Å². The molecular formula is C21H21F5O. The summed E-state index contributed by atoms with van der Waals surface area (Å²) >= 11 is 0. The molecule has 1 unspecified atom stereocenters. The molecule has 0 N–H and O–H groups in total. The van der Waals surface area contributed by atoms with Gasteiger partial charge in [-0.15, -0.1) is 13.2 Å². The zero-order valence-electron chi connectivity index (χ0n) is 15.0. The Hall–Kier alpha value is -2.11. The summed E-state index contributed by atoms with van der Waals surface area (Å²) in [6, 6.07) is 7.45. The second kappa shape index (κ2) is 7.87. The fourth-order valence-electron chi connectivity index (χ4n) is 3.66. The Kier molecular flexibility index (Phi) is 5.72. The highest BCUT2D eigenvalue weighted by Crippen LogP contribution is 2.37. The summed E-state index contributed by atoms with van der Waals surface area (Å²) in [5, 5.41) is 0. The van der Waals surface area contributed by atoms with E-state index in [1.54, 1.807) is 12.1 Å². The molecular weight excluding hydrogens is 363 g/mol. The summed E-state index contributed by atoms with van der Waals surface area (Å²) in [6.45, 7) is 2.08. The first-order chi connectivity index (χ1) is 12.8. The molecule has 2 aromatic carbocycles. The number of alkyl halides is 3. The Morgan fingerprint density at radius 1 is 1.04 bits per heavy atom. The monoisotopic (exact) mass is 384 g/mol. The van der Waals surface area contributed by atoms with E-state index in [-0.39, 0.29) is 11.7 Å². The Morgan fingerprint density at radius 3 is 2.48 bits per heavy atom. The number of fused-ring (bicyclic) bond motifs is 1. The molecule has 146 valence electrons. The summed E-state index contributed by atoms with van der Waals surface area (Å²) in [5.74, 6) is -2.26. The van der Waals surface area contributed by atoms with Gasteiger partial charge in [-0.25, -0.2) is 8.78 Å². The summed E-state index contributed by atoms with van der Waals surface area (Å²) in [7, 11) is 0. The lowest BCUT2D eigenvalue weighted by molar-refractivity contribution is -0.275. The van der Waals surface area contributed by atoms with Crippen LogP contribution in [0.4, 0.5) is 22.0 Å². The minimum Gasteiger partial charge on any atom is -0.403 e. The van der Waals surface area contributed by atoms with Gasteiger partial charge in [-0.1, -0.05) is 25.5 Å². The van der Waals surface area contributed by atoms with Crippen molar-refractivity contribution in [1.29, 1.82) is 0 Å². The van der Waals surface area contributed by atoms with Crippen molar-refractivity contribution in [3.8, 4) is 5.75 Å². The number of aryl methyl sites for hydroxylation is 2. The van der Waals surface area contributed by atoms with E-state index in [1.807, 2.05) is 6.07 Å². The maximum absolute atomic E-state index is 14.5. The minimum atomic E-state index is -4.94. The molecule has 0 aliphatic heterocycles. The van der Waals surface area contributed by atoms with E-state index in [4.69, 9.17) is 0 Å². The van der Waals surface area contributed by atoms with Crippen molar-refractivity contribution in [3.63, 3.8) is 0 Å². The average molecular weight is 384 g/mol. The van der Waals surface area contributed by atoms with Gasteiger partial charge in [0.1, 0.15) is 5.82 Å². The van der Waals surface area contributed by atoms with Crippen LogP contribution in [0.3, 0.4) is 0 Å². The first-order valence-corrected chi connectivity index (χ1v) is 9.12. The second-order valence-corrected chi connectivity index (χ2v) is 7.00. The Labute approximate surface area is 155 Å². The smallest absolute Gasteiger partial charge is 0.403 e. The van der Waals surface area contributed by atoms with Crippen molar-refractivity contribution < 1.29 is 26.7 Å². The highest BCUT2D eigenvalue weighted by atomic mass is 19.4. The van der Waals surface area contributed by atoms with Crippen molar-refractivity contribution in [3.05, 3.63) is 64.2 Å². The van der Waals surface area contributed by atoms with Crippen LogP contribution in [0.1, 0.15) is 54.4 Å². The van der Waals surface area contributed by atoms with Gasteiger partial charge in [0.2, 0.25) is 0 Å². The van der Waals surface area contributed by atoms with Gasteiger partial charge in [-0.2, -0.15) is 0 Å². The largest absolute Gasteiger partial charge is 0.573 e. The number of ether oxygens (including phenoxy) is 1. The predicted octanol–water partition coefficient (Wildman–Crippen LogP) is 6.48. The molecule has 0 aromatic heterocycles. The summed E-state index contributed by atoms with van der Waals surface area (Å²) < 4.78 is 69.4. The van der Waals surface area contributed by atoms with Gasteiger partial charge in [0.25, 0.3) is 0 Å². The zero-order chi connectivity index (χ0) is 19.6. The molecule has 1 aliphatic rings. The fraction of sp³-hybridized carbons (Fsp3) is 0.429. The highest BCUT2D eigenvalue weighted by molar-refractivity contribution is 5.41. The lowest BCUT2D eigenvalue weighted by atomic mass is 9.79. The van der Waals surface area contributed by atoms with Crippen molar-refractivity contribution in [2.24, 2.45) is 0 Å². The first kappa shape index (κ1) is 19.6. The molecule has 1 nitrogen and oxygen atoms in total. The first-order valence-electron chi connectivity index (χ1n) is 9.12. The van der Waals surface area contributed by atoms with E-state index >= 15 is 0 Å². The third-order valence-corrected chi connectivity index (χ3v) is 5.03. The van der Waals surface area contributed by atoms with Crippen LogP contribution < -0.4 is 4.74 Å². The maximum Gasteiger partial charge on any atom is 0.573 e. The molecule has 27 heavy (non-hydrogen) atoms. The van der Waals surface area contributed by atoms with Crippen molar-refractivity contribution >= 4 is 0 Å². The topological polar surface area (TPSA) is 9.23 Å².